The van der Waals surface area contributed by atoms with Crippen LogP contribution < -0.4 is 5.32 Å². The monoisotopic (exact) mass is 175 g/mol. The first-order valence-corrected chi connectivity index (χ1v) is 4.56. The molecule has 0 saturated heterocycles. The molecule has 68 valence electrons. The lowest BCUT2D eigenvalue weighted by Crippen LogP contribution is -2.16. The summed E-state index contributed by atoms with van der Waals surface area (Å²) in [7, 11) is 0. The standard InChI is InChI=1S/C10H13N3/c1-8-6-7-10(13-12-8)11-9-4-2-3-5-9/h2-3,6-7,9H,4-5H2,1H3,(H,11,13). The molecule has 1 aliphatic rings. The minimum atomic E-state index is 0.511. The van der Waals surface area contributed by atoms with Gasteiger partial charge in [0.15, 0.2) is 0 Å². The quantitative estimate of drug-likeness (QED) is 0.698. The SMILES string of the molecule is Cc1ccc(NC2CC=CC2)nn1. The largest absolute Gasteiger partial charge is 0.365 e. The number of hydrogen-bond acceptors (Lipinski definition) is 3. The maximum absolute atomic E-state index is 4.05. The second-order valence-electron chi connectivity index (χ2n) is 3.34. The van der Waals surface area contributed by atoms with Gasteiger partial charge in [0.05, 0.1) is 5.69 Å². The Hall–Kier alpha value is -1.38. The van der Waals surface area contributed by atoms with Crippen molar-refractivity contribution in [1.29, 1.82) is 0 Å². The molecule has 0 atom stereocenters. The highest BCUT2D eigenvalue weighted by Crippen LogP contribution is 2.14. The average Bonchev–Trinajstić information content (AvgIpc) is 2.62. The molecule has 0 spiro atoms. The Morgan fingerprint density at radius 3 is 2.62 bits per heavy atom. The minimum Gasteiger partial charge on any atom is -0.365 e. The Bertz CT molecular complexity index is 294. The summed E-state index contributed by atoms with van der Waals surface area (Å²) in [5, 5.41) is 11.4. The summed E-state index contributed by atoms with van der Waals surface area (Å²) in [6.07, 6.45) is 6.57. The van der Waals surface area contributed by atoms with Gasteiger partial charge in [0.2, 0.25) is 0 Å². The number of aryl methyl sites for hydroxylation is 1. The molecular weight excluding hydrogens is 162 g/mol. The van der Waals surface area contributed by atoms with Crippen molar-refractivity contribution in [1.82, 2.24) is 10.2 Å². The van der Waals surface area contributed by atoms with Crippen LogP contribution in [0.25, 0.3) is 0 Å². The van der Waals surface area contributed by atoms with Gasteiger partial charge in [-0.05, 0) is 31.9 Å². The van der Waals surface area contributed by atoms with E-state index in [2.05, 4.69) is 27.7 Å². The Kier molecular flexibility index (Phi) is 2.25. The molecule has 1 aliphatic carbocycles. The van der Waals surface area contributed by atoms with Crippen LogP contribution in [0.1, 0.15) is 18.5 Å². The fourth-order valence-electron chi connectivity index (χ4n) is 1.42. The first-order valence-electron chi connectivity index (χ1n) is 4.56. The lowest BCUT2D eigenvalue weighted by atomic mass is 10.2. The smallest absolute Gasteiger partial charge is 0.148 e. The van der Waals surface area contributed by atoms with E-state index < -0.39 is 0 Å². The fraction of sp³-hybridized carbons (Fsp3) is 0.400. The first kappa shape index (κ1) is 8.23. The van der Waals surface area contributed by atoms with Gasteiger partial charge in [-0.1, -0.05) is 12.2 Å². The Balaban J connectivity index is 1.97. The van der Waals surface area contributed by atoms with Gasteiger partial charge >= 0.3 is 0 Å². The van der Waals surface area contributed by atoms with Crippen LogP contribution in [0.2, 0.25) is 0 Å². The van der Waals surface area contributed by atoms with E-state index in [1.807, 2.05) is 19.1 Å². The summed E-state index contributed by atoms with van der Waals surface area (Å²) in [5.41, 5.74) is 0.954. The van der Waals surface area contributed by atoms with Gasteiger partial charge in [-0.15, -0.1) is 5.10 Å². The molecule has 3 nitrogen and oxygen atoms in total. The van der Waals surface area contributed by atoms with Gasteiger partial charge < -0.3 is 5.32 Å². The number of nitrogens with one attached hydrogen (secondary N) is 1. The van der Waals surface area contributed by atoms with Crippen LogP contribution in [0.3, 0.4) is 0 Å². The van der Waals surface area contributed by atoms with E-state index in [4.69, 9.17) is 0 Å². The van der Waals surface area contributed by atoms with Crippen molar-refractivity contribution in [3.05, 3.63) is 30.0 Å². The van der Waals surface area contributed by atoms with E-state index in [-0.39, 0.29) is 0 Å². The van der Waals surface area contributed by atoms with Gasteiger partial charge in [-0.3, -0.25) is 0 Å². The van der Waals surface area contributed by atoms with E-state index in [1.165, 1.54) is 0 Å². The zero-order valence-corrected chi connectivity index (χ0v) is 7.70. The summed E-state index contributed by atoms with van der Waals surface area (Å²) >= 11 is 0. The summed E-state index contributed by atoms with van der Waals surface area (Å²) < 4.78 is 0. The topological polar surface area (TPSA) is 37.8 Å². The van der Waals surface area contributed by atoms with Crippen LogP contribution in [-0.4, -0.2) is 16.2 Å². The second kappa shape index (κ2) is 3.56. The fourth-order valence-corrected chi connectivity index (χ4v) is 1.42. The molecule has 1 aromatic rings. The lowest BCUT2D eigenvalue weighted by Gasteiger charge is -2.11. The number of anilines is 1. The predicted octanol–water partition coefficient (Wildman–Crippen LogP) is 1.92. The Labute approximate surface area is 77.9 Å². The van der Waals surface area contributed by atoms with Crippen molar-refractivity contribution in [2.45, 2.75) is 25.8 Å². The first-order chi connectivity index (χ1) is 6.34. The van der Waals surface area contributed by atoms with Gasteiger partial charge in [0, 0.05) is 6.04 Å². The third-order valence-electron chi connectivity index (χ3n) is 2.16. The summed E-state index contributed by atoms with van der Waals surface area (Å²) in [6, 6.07) is 4.45. The normalized spacial score (nSPS) is 16.4. The number of aromatic nitrogens is 2. The molecule has 1 N–H and O–H groups in total. The van der Waals surface area contributed by atoms with Crippen molar-refractivity contribution >= 4 is 5.82 Å². The highest BCUT2D eigenvalue weighted by Gasteiger charge is 2.09. The Morgan fingerprint density at radius 2 is 2.00 bits per heavy atom. The van der Waals surface area contributed by atoms with Crippen molar-refractivity contribution in [2.24, 2.45) is 0 Å². The van der Waals surface area contributed by atoms with Crippen molar-refractivity contribution < 1.29 is 0 Å². The molecule has 0 unspecified atom stereocenters. The molecule has 3 heteroatoms. The predicted molar refractivity (Wildman–Crippen MR) is 52.6 cm³/mol. The minimum absolute atomic E-state index is 0.511. The van der Waals surface area contributed by atoms with Crippen LogP contribution in [0, 0.1) is 6.92 Å². The maximum atomic E-state index is 4.05. The summed E-state index contributed by atoms with van der Waals surface area (Å²) in [6.45, 7) is 1.94. The van der Waals surface area contributed by atoms with E-state index in [9.17, 15) is 0 Å². The van der Waals surface area contributed by atoms with Gasteiger partial charge in [0.1, 0.15) is 5.82 Å². The zero-order valence-electron chi connectivity index (χ0n) is 7.70. The third kappa shape index (κ3) is 2.05. The molecule has 0 amide bonds. The lowest BCUT2D eigenvalue weighted by molar-refractivity contribution is 0.774. The van der Waals surface area contributed by atoms with Crippen molar-refractivity contribution in [3.8, 4) is 0 Å². The van der Waals surface area contributed by atoms with Crippen LogP contribution >= 0.6 is 0 Å². The van der Waals surface area contributed by atoms with E-state index in [0.29, 0.717) is 6.04 Å². The Morgan fingerprint density at radius 1 is 1.23 bits per heavy atom. The van der Waals surface area contributed by atoms with Crippen LogP contribution in [0.4, 0.5) is 5.82 Å². The van der Waals surface area contributed by atoms with Gasteiger partial charge in [-0.2, -0.15) is 5.10 Å². The molecule has 1 heterocycles. The molecular formula is C10H13N3. The van der Waals surface area contributed by atoms with Crippen LogP contribution in [-0.2, 0) is 0 Å². The number of rotatable bonds is 2. The molecule has 0 saturated carbocycles. The average molecular weight is 175 g/mol. The van der Waals surface area contributed by atoms with Crippen molar-refractivity contribution in [2.75, 3.05) is 5.32 Å². The van der Waals surface area contributed by atoms with E-state index >= 15 is 0 Å². The van der Waals surface area contributed by atoms with Gasteiger partial charge in [0.25, 0.3) is 0 Å². The van der Waals surface area contributed by atoms with Crippen LogP contribution in [0.5, 0.6) is 0 Å². The van der Waals surface area contributed by atoms with Crippen molar-refractivity contribution in [3.63, 3.8) is 0 Å². The molecule has 0 fully saturated rings. The third-order valence-corrected chi connectivity index (χ3v) is 2.16. The maximum Gasteiger partial charge on any atom is 0.148 e. The van der Waals surface area contributed by atoms with Gasteiger partial charge in [-0.25, -0.2) is 0 Å². The zero-order chi connectivity index (χ0) is 9.10. The highest BCUT2D eigenvalue weighted by molar-refractivity contribution is 5.35. The second-order valence-corrected chi connectivity index (χ2v) is 3.34. The summed E-state index contributed by atoms with van der Waals surface area (Å²) in [5.74, 6) is 0.874. The number of hydrogen-bond donors (Lipinski definition) is 1. The summed E-state index contributed by atoms with van der Waals surface area (Å²) in [4.78, 5) is 0. The molecule has 13 heavy (non-hydrogen) atoms. The highest BCUT2D eigenvalue weighted by atomic mass is 15.2. The molecule has 0 aliphatic heterocycles. The molecule has 0 aromatic carbocycles. The van der Waals surface area contributed by atoms with E-state index in [0.717, 1.165) is 24.4 Å². The molecule has 2 rings (SSSR count). The van der Waals surface area contributed by atoms with Crippen LogP contribution in [0.15, 0.2) is 24.3 Å². The molecule has 1 aromatic heterocycles. The molecule has 0 bridgehead atoms. The van der Waals surface area contributed by atoms with E-state index in [1.54, 1.807) is 0 Å². The number of nitrogens with zero attached hydrogens (tertiary/aromatic N) is 2. The molecule has 0 radical (unpaired) electrons.